The summed E-state index contributed by atoms with van der Waals surface area (Å²) in [7, 11) is 0. The Morgan fingerprint density at radius 1 is 1.09 bits per heavy atom. The molecule has 1 atom stereocenters. The van der Waals surface area contributed by atoms with Crippen molar-refractivity contribution in [1.82, 2.24) is 0 Å². The Morgan fingerprint density at radius 3 is 2.53 bits per heavy atom. The fraction of sp³-hybridized carbons (Fsp3) is 0.308. The predicted octanol–water partition coefficient (Wildman–Crippen LogP) is 5.83. The minimum absolute atomic E-state index is 0.194. The molecular formula is C26H26O6. The number of furan rings is 1. The van der Waals surface area contributed by atoms with E-state index in [0.29, 0.717) is 33.6 Å². The molecule has 0 N–H and O–H groups in total. The quantitative estimate of drug-likeness (QED) is 0.368. The second kappa shape index (κ2) is 8.19. The lowest BCUT2D eigenvalue weighted by Crippen LogP contribution is -2.27. The third kappa shape index (κ3) is 4.00. The van der Waals surface area contributed by atoms with E-state index in [2.05, 4.69) is 0 Å². The first-order valence-electron chi connectivity index (χ1n) is 10.6. The van der Waals surface area contributed by atoms with Gasteiger partial charge in [0.05, 0.1) is 12.0 Å². The molecule has 0 fully saturated rings. The summed E-state index contributed by atoms with van der Waals surface area (Å²) in [6, 6.07) is 12.9. The van der Waals surface area contributed by atoms with E-state index in [0.717, 1.165) is 10.9 Å². The van der Waals surface area contributed by atoms with Crippen molar-refractivity contribution in [3.63, 3.8) is 0 Å². The highest BCUT2D eigenvalue weighted by Crippen LogP contribution is 2.36. The van der Waals surface area contributed by atoms with Crippen LogP contribution in [-0.2, 0) is 14.9 Å². The summed E-state index contributed by atoms with van der Waals surface area (Å²) >= 11 is 0. The van der Waals surface area contributed by atoms with Crippen molar-refractivity contribution >= 4 is 27.9 Å². The summed E-state index contributed by atoms with van der Waals surface area (Å²) in [5, 5.41) is 1.33. The van der Waals surface area contributed by atoms with Gasteiger partial charge in [0.15, 0.2) is 6.10 Å². The molecule has 0 amide bonds. The molecule has 2 heterocycles. The van der Waals surface area contributed by atoms with E-state index in [9.17, 15) is 9.59 Å². The van der Waals surface area contributed by atoms with Gasteiger partial charge in [-0.05, 0) is 37.5 Å². The third-order valence-corrected chi connectivity index (χ3v) is 5.30. The van der Waals surface area contributed by atoms with Crippen LogP contribution in [0, 0.1) is 0 Å². The highest BCUT2D eigenvalue weighted by molar-refractivity contribution is 5.87. The van der Waals surface area contributed by atoms with Crippen LogP contribution in [0.3, 0.4) is 0 Å². The first kappa shape index (κ1) is 21.7. The van der Waals surface area contributed by atoms with Crippen molar-refractivity contribution in [2.45, 2.75) is 46.1 Å². The fourth-order valence-electron chi connectivity index (χ4n) is 3.62. The number of benzene rings is 2. The van der Waals surface area contributed by atoms with Crippen molar-refractivity contribution in [2.24, 2.45) is 0 Å². The van der Waals surface area contributed by atoms with Crippen LogP contribution < -0.4 is 10.2 Å². The molecule has 4 rings (SSSR count). The second-order valence-electron chi connectivity index (χ2n) is 8.73. The Kier molecular flexibility index (Phi) is 5.55. The minimum atomic E-state index is -0.796. The minimum Gasteiger partial charge on any atom is -0.479 e. The Bertz CT molecular complexity index is 1320. The number of carbonyl (C=O) groups excluding carboxylic acids is 1. The van der Waals surface area contributed by atoms with E-state index in [1.807, 2.05) is 51.1 Å². The van der Waals surface area contributed by atoms with Crippen LogP contribution in [0.25, 0.3) is 33.3 Å². The van der Waals surface area contributed by atoms with Crippen LogP contribution in [0.4, 0.5) is 0 Å². The Balaban J connectivity index is 1.84. The smallest absolute Gasteiger partial charge is 0.347 e. The van der Waals surface area contributed by atoms with E-state index >= 15 is 0 Å². The zero-order valence-electron chi connectivity index (χ0n) is 18.9. The molecule has 0 spiro atoms. The average molecular weight is 434 g/mol. The molecule has 2 aromatic heterocycles. The Labute approximate surface area is 185 Å². The number of esters is 1. The molecule has 6 heteroatoms. The lowest BCUT2D eigenvalue weighted by atomic mass is 9.85. The first-order valence-corrected chi connectivity index (χ1v) is 10.6. The number of fused-ring (bicyclic) bond motifs is 2. The van der Waals surface area contributed by atoms with E-state index < -0.39 is 12.1 Å². The maximum absolute atomic E-state index is 13.4. The summed E-state index contributed by atoms with van der Waals surface area (Å²) < 4.78 is 22.7. The SMILES string of the molecule is CCOC(=O)C(C)Oc1cc2occ(-c3cc4ccccc4o3)c(=O)c2cc1C(C)(C)C. The zero-order chi connectivity index (χ0) is 23.0. The molecule has 166 valence electrons. The fourth-order valence-corrected chi connectivity index (χ4v) is 3.62. The van der Waals surface area contributed by atoms with Crippen molar-refractivity contribution in [2.75, 3.05) is 6.61 Å². The Hall–Kier alpha value is -3.54. The molecule has 32 heavy (non-hydrogen) atoms. The van der Waals surface area contributed by atoms with Gasteiger partial charge in [0.25, 0.3) is 0 Å². The molecule has 0 aliphatic rings. The van der Waals surface area contributed by atoms with Crippen LogP contribution >= 0.6 is 0 Å². The van der Waals surface area contributed by atoms with Crippen molar-refractivity contribution in [1.29, 1.82) is 0 Å². The number of para-hydroxylation sites is 1. The van der Waals surface area contributed by atoms with Gasteiger partial charge < -0.3 is 18.3 Å². The molecule has 0 aliphatic carbocycles. The molecule has 1 unspecified atom stereocenters. The van der Waals surface area contributed by atoms with Crippen molar-refractivity contribution < 1.29 is 23.1 Å². The lowest BCUT2D eigenvalue weighted by molar-refractivity contribution is -0.150. The molecule has 0 aliphatic heterocycles. The van der Waals surface area contributed by atoms with Gasteiger partial charge in [-0.15, -0.1) is 0 Å². The molecular weight excluding hydrogens is 408 g/mol. The first-order chi connectivity index (χ1) is 15.2. The predicted molar refractivity (Wildman–Crippen MR) is 123 cm³/mol. The lowest BCUT2D eigenvalue weighted by Gasteiger charge is -2.24. The standard InChI is InChI=1S/C26H26O6/c1-6-29-25(28)15(2)31-23-13-21-17(12-19(23)26(3,4)5)24(27)18(14-30-21)22-11-16-9-7-8-10-20(16)32-22/h7-15H,6H2,1-5H3. The summed E-state index contributed by atoms with van der Waals surface area (Å²) in [5.41, 5.74) is 1.67. The van der Waals surface area contributed by atoms with E-state index in [1.165, 1.54) is 6.26 Å². The van der Waals surface area contributed by atoms with Gasteiger partial charge in [-0.3, -0.25) is 4.79 Å². The van der Waals surface area contributed by atoms with Crippen molar-refractivity contribution in [3.05, 3.63) is 64.5 Å². The topological polar surface area (TPSA) is 78.9 Å². The average Bonchev–Trinajstić information content (AvgIpc) is 3.17. The molecule has 0 radical (unpaired) electrons. The number of hydrogen-bond acceptors (Lipinski definition) is 6. The van der Waals surface area contributed by atoms with E-state index in [4.69, 9.17) is 18.3 Å². The van der Waals surface area contributed by atoms with Gasteiger partial charge in [-0.1, -0.05) is 39.0 Å². The summed E-state index contributed by atoms with van der Waals surface area (Å²) in [5.74, 6) is 0.481. The van der Waals surface area contributed by atoms with E-state index in [-0.39, 0.29) is 17.5 Å². The Morgan fingerprint density at radius 2 is 1.84 bits per heavy atom. The maximum Gasteiger partial charge on any atom is 0.347 e. The molecule has 6 nitrogen and oxygen atoms in total. The van der Waals surface area contributed by atoms with Crippen LogP contribution in [0.15, 0.2) is 62.4 Å². The highest BCUT2D eigenvalue weighted by atomic mass is 16.6. The number of ether oxygens (including phenoxy) is 2. The highest BCUT2D eigenvalue weighted by Gasteiger charge is 2.25. The number of rotatable bonds is 5. The van der Waals surface area contributed by atoms with Gasteiger partial charge in [0.1, 0.15) is 34.5 Å². The van der Waals surface area contributed by atoms with Crippen LogP contribution in [0.2, 0.25) is 0 Å². The second-order valence-corrected chi connectivity index (χ2v) is 8.73. The molecule has 0 saturated carbocycles. The summed E-state index contributed by atoms with van der Waals surface area (Å²) in [6.45, 7) is 9.70. The van der Waals surface area contributed by atoms with Gasteiger partial charge in [-0.2, -0.15) is 0 Å². The van der Waals surface area contributed by atoms with Crippen LogP contribution in [-0.4, -0.2) is 18.7 Å². The summed E-state index contributed by atoms with van der Waals surface area (Å²) in [4.78, 5) is 25.4. The zero-order valence-corrected chi connectivity index (χ0v) is 18.9. The van der Waals surface area contributed by atoms with E-state index in [1.54, 1.807) is 26.0 Å². The molecule has 0 bridgehead atoms. The number of carbonyl (C=O) groups is 1. The monoisotopic (exact) mass is 434 g/mol. The van der Waals surface area contributed by atoms with Gasteiger partial charge in [-0.25, -0.2) is 4.79 Å². The molecule has 2 aromatic carbocycles. The van der Waals surface area contributed by atoms with Crippen LogP contribution in [0.1, 0.15) is 40.2 Å². The number of hydrogen-bond donors (Lipinski definition) is 0. The third-order valence-electron chi connectivity index (χ3n) is 5.30. The van der Waals surface area contributed by atoms with Gasteiger partial charge in [0.2, 0.25) is 5.43 Å². The molecule has 4 aromatic rings. The van der Waals surface area contributed by atoms with Crippen LogP contribution in [0.5, 0.6) is 5.75 Å². The van der Waals surface area contributed by atoms with Gasteiger partial charge in [0, 0.05) is 17.0 Å². The van der Waals surface area contributed by atoms with Gasteiger partial charge >= 0.3 is 5.97 Å². The largest absolute Gasteiger partial charge is 0.479 e. The normalized spacial score (nSPS) is 12.8. The molecule has 0 saturated heterocycles. The van der Waals surface area contributed by atoms with Crippen molar-refractivity contribution in [3.8, 4) is 17.1 Å². The summed E-state index contributed by atoms with van der Waals surface area (Å²) in [6.07, 6.45) is 0.604. The maximum atomic E-state index is 13.4.